The van der Waals surface area contributed by atoms with Crippen LogP contribution in [0.2, 0.25) is 0 Å². The SMILES string of the molecule is C[C@H]1OCCC[C@H]1C(=O)NCc1ccc(Oc2cccnc2)c(F)c1. The molecule has 1 aliphatic heterocycles. The Bertz CT molecular complexity index is 724. The van der Waals surface area contributed by atoms with Gasteiger partial charge >= 0.3 is 0 Å². The summed E-state index contributed by atoms with van der Waals surface area (Å²) in [6, 6.07) is 8.07. The number of rotatable bonds is 5. The molecule has 1 aromatic heterocycles. The topological polar surface area (TPSA) is 60.5 Å². The van der Waals surface area contributed by atoms with Crippen LogP contribution in [0.4, 0.5) is 4.39 Å². The summed E-state index contributed by atoms with van der Waals surface area (Å²) in [4.78, 5) is 16.2. The molecule has 1 aromatic carbocycles. The maximum absolute atomic E-state index is 14.2. The second kappa shape index (κ2) is 8.07. The summed E-state index contributed by atoms with van der Waals surface area (Å²) in [5.74, 6) is -0.0915. The van der Waals surface area contributed by atoms with Gasteiger partial charge in [-0.2, -0.15) is 0 Å². The van der Waals surface area contributed by atoms with Crippen molar-refractivity contribution in [3.05, 3.63) is 54.1 Å². The van der Waals surface area contributed by atoms with E-state index in [0.29, 0.717) is 17.9 Å². The van der Waals surface area contributed by atoms with Crippen LogP contribution in [0.1, 0.15) is 25.3 Å². The lowest BCUT2D eigenvalue weighted by atomic mass is 9.94. The van der Waals surface area contributed by atoms with Gasteiger partial charge in [-0.15, -0.1) is 0 Å². The van der Waals surface area contributed by atoms with Gasteiger partial charge in [0, 0.05) is 19.3 Å². The minimum Gasteiger partial charge on any atom is -0.453 e. The first-order valence-electron chi connectivity index (χ1n) is 8.39. The van der Waals surface area contributed by atoms with Crippen molar-refractivity contribution >= 4 is 5.91 Å². The van der Waals surface area contributed by atoms with Gasteiger partial charge in [-0.3, -0.25) is 9.78 Å². The smallest absolute Gasteiger partial charge is 0.225 e. The molecule has 3 rings (SSSR count). The highest BCUT2D eigenvalue weighted by molar-refractivity contribution is 5.79. The van der Waals surface area contributed by atoms with Crippen molar-refractivity contribution in [1.82, 2.24) is 10.3 Å². The van der Waals surface area contributed by atoms with Crippen molar-refractivity contribution in [3.8, 4) is 11.5 Å². The van der Waals surface area contributed by atoms with Crippen molar-refractivity contribution in [2.45, 2.75) is 32.4 Å². The number of hydrogen-bond donors (Lipinski definition) is 1. The maximum atomic E-state index is 14.2. The van der Waals surface area contributed by atoms with E-state index in [9.17, 15) is 9.18 Å². The average molecular weight is 344 g/mol. The molecule has 5 nitrogen and oxygen atoms in total. The van der Waals surface area contributed by atoms with Crippen LogP contribution < -0.4 is 10.1 Å². The molecule has 1 amide bonds. The number of hydrogen-bond acceptors (Lipinski definition) is 4. The minimum absolute atomic E-state index is 0.0525. The zero-order chi connectivity index (χ0) is 17.6. The van der Waals surface area contributed by atoms with E-state index in [2.05, 4.69) is 10.3 Å². The first-order valence-corrected chi connectivity index (χ1v) is 8.39. The lowest BCUT2D eigenvalue weighted by molar-refractivity contribution is -0.133. The largest absolute Gasteiger partial charge is 0.453 e. The van der Waals surface area contributed by atoms with Gasteiger partial charge in [0.2, 0.25) is 5.91 Å². The van der Waals surface area contributed by atoms with Crippen molar-refractivity contribution in [1.29, 1.82) is 0 Å². The molecular formula is C19H21FN2O3. The fourth-order valence-corrected chi connectivity index (χ4v) is 2.86. The molecule has 0 spiro atoms. The highest BCUT2D eigenvalue weighted by Gasteiger charge is 2.28. The Morgan fingerprint density at radius 3 is 3.04 bits per heavy atom. The second-order valence-electron chi connectivity index (χ2n) is 6.10. The monoisotopic (exact) mass is 344 g/mol. The first kappa shape index (κ1) is 17.4. The molecule has 2 atom stereocenters. The van der Waals surface area contributed by atoms with Crippen molar-refractivity contribution < 1.29 is 18.7 Å². The van der Waals surface area contributed by atoms with Gasteiger partial charge in [-0.25, -0.2) is 4.39 Å². The van der Waals surface area contributed by atoms with E-state index < -0.39 is 5.82 Å². The normalized spacial score (nSPS) is 20.1. The number of nitrogens with zero attached hydrogens (tertiary/aromatic N) is 1. The van der Waals surface area contributed by atoms with E-state index in [1.165, 1.54) is 12.3 Å². The molecule has 1 saturated heterocycles. The number of carbonyl (C=O) groups excluding carboxylic acids is 1. The number of amides is 1. The first-order chi connectivity index (χ1) is 12.1. The fourth-order valence-electron chi connectivity index (χ4n) is 2.86. The summed E-state index contributed by atoms with van der Waals surface area (Å²) in [5.41, 5.74) is 0.675. The number of ether oxygens (including phenoxy) is 2. The highest BCUT2D eigenvalue weighted by Crippen LogP contribution is 2.25. The van der Waals surface area contributed by atoms with Gasteiger partial charge in [0.15, 0.2) is 11.6 Å². The summed E-state index contributed by atoms with van der Waals surface area (Å²) in [6.45, 7) is 2.88. The van der Waals surface area contributed by atoms with Crippen molar-refractivity contribution in [3.63, 3.8) is 0 Å². The molecule has 2 aromatic rings. The molecule has 0 bridgehead atoms. The molecule has 0 saturated carbocycles. The highest BCUT2D eigenvalue weighted by atomic mass is 19.1. The lowest BCUT2D eigenvalue weighted by Crippen LogP contribution is -2.39. The number of carbonyl (C=O) groups is 1. The minimum atomic E-state index is -0.482. The van der Waals surface area contributed by atoms with Gasteiger partial charge in [-0.05, 0) is 49.6 Å². The molecule has 1 aliphatic rings. The van der Waals surface area contributed by atoms with E-state index in [1.54, 1.807) is 30.5 Å². The Hall–Kier alpha value is -2.47. The van der Waals surface area contributed by atoms with Gasteiger partial charge in [0.25, 0.3) is 0 Å². The van der Waals surface area contributed by atoms with Crippen LogP contribution in [0.15, 0.2) is 42.7 Å². The Morgan fingerprint density at radius 2 is 2.32 bits per heavy atom. The maximum Gasteiger partial charge on any atom is 0.225 e. The average Bonchev–Trinajstić information content (AvgIpc) is 2.63. The molecule has 1 fully saturated rings. The van der Waals surface area contributed by atoms with E-state index >= 15 is 0 Å². The van der Waals surface area contributed by atoms with Crippen molar-refractivity contribution in [2.75, 3.05) is 6.61 Å². The zero-order valence-corrected chi connectivity index (χ0v) is 14.1. The summed E-state index contributed by atoms with van der Waals surface area (Å²) in [7, 11) is 0. The fraction of sp³-hybridized carbons (Fsp3) is 0.368. The van der Waals surface area contributed by atoms with E-state index in [-0.39, 0.29) is 30.2 Å². The van der Waals surface area contributed by atoms with Crippen LogP contribution in [0, 0.1) is 11.7 Å². The van der Waals surface area contributed by atoms with Gasteiger partial charge in [-0.1, -0.05) is 6.07 Å². The van der Waals surface area contributed by atoms with Gasteiger partial charge in [0.1, 0.15) is 5.75 Å². The van der Waals surface area contributed by atoms with Crippen LogP contribution >= 0.6 is 0 Å². The molecule has 0 radical (unpaired) electrons. The number of benzene rings is 1. The molecule has 2 heterocycles. The van der Waals surface area contributed by atoms with Crippen LogP contribution in [-0.4, -0.2) is 23.6 Å². The van der Waals surface area contributed by atoms with E-state index in [1.807, 2.05) is 6.92 Å². The number of aromatic nitrogens is 1. The van der Waals surface area contributed by atoms with Gasteiger partial charge < -0.3 is 14.8 Å². The molecule has 1 N–H and O–H groups in total. The molecule has 6 heteroatoms. The van der Waals surface area contributed by atoms with Crippen molar-refractivity contribution in [2.24, 2.45) is 5.92 Å². The van der Waals surface area contributed by atoms with E-state index in [0.717, 1.165) is 12.8 Å². The van der Waals surface area contributed by atoms with Crippen LogP contribution in [0.3, 0.4) is 0 Å². The predicted octanol–water partition coefficient (Wildman–Crippen LogP) is 3.44. The van der Waals surface area contributed by atoms with E-state index in [4.69, 9.17) is 9.47 Å². The summed E-state index contributed by atoms with van der Waals surface area (Å²) in [5, 5.41) is 2.86. The molecule has 0 aliphatic carbocycles. The van der Waals surface area contributed by atoms with Crippen LogP contribution in [0.5, 0.6) is 11.5 Å². The number of nitrogens with one attached hydrogen (secondary N) is 1. The number of pyridine rings is 1. The zero-order valence-electron chi connectivity index (χ0n) is 14.1. The molecule has 0 unspecified atom stereocenters. The third kappa shape index (κ3) is 4.54. The Morgan fingerprint density at radius 1 is 1.44 bits per heavy atom. The molecular weight excluding hydrogens is 323 g/mol. The third-order valence-electron chi connectivity index (χ3n) is 4.27. The Labute approximate surface area is 146 Å². The third-order valence-corrected chi connectivity index (χ3v) is 4.27. The lowest BCUT2D eigenvalue weighted by Gasteiger charge is -2.28. The summed E-state index contributed by atoms with van der Waals surface area (Å²) in [6.07, 6.45) is 4.76. The molecule has 132 valence electrons. The second-order valence-corrected chi connectivity index (χ2v) is 6.10. The predicted molar refractivity (Wildman–Crippen MR) is 90.7 cm³/mol. The molecule has 25 heavy (non-hydrogen) atoms. The van der Waals surface area contributed by atoms with Crippen LogP contribution in [-0.2, 0) is 16.1 Å². The standard InChI is InChI=1S/C19H21FN2O3/c1-13-16(5-3-9-24-13)19(23)22-11-14-6-7-18(17(20)10-14)25-15-4-2-8-21-12-15/h2,4,6-8,10,12-13,16H,3,5,9,11H2,1H3,(H,22,23)/t13-,16-/m1/s1. The summed E-state index contributed by atoms with van der Waals surface area (Å²) < 4.78 is 25.2. The summed E-state index contributed by atoms with van der Waals surface area (Å²) >= 11 is 0. The quantitative estimate of drug-likeness (QED) is 0.902. The number of halogens is 1. The Kier molecular flexibility index (Phi) is 5.60. The Balaban J connectivity index is 1.58. The van der Waals surface area contributed by atoms with Crippen LogP contribution in [0.25, 0.3) is 0 Å². The van der Waals surface area contributed by atoms with Gasteiger partial charge in [0.05, 0.1) is 18.2 Å².